The van der Waals surface area contributed by atoms with Crippen LogP contribution in [0, 0.1) is 13.8 Å². The van der Waals surface area contributed by atoms with Crippen molar-refractivity contribution in [1.82, 2.24) is 15.1 Å². The molecule has 2 aromatic heterocycles. The number of aryl methyl sites for hydroxylation is 3. The number of aromatic nitrogens is 3. The van der Waals surface area contributed by atoms with E-state index < -0.39 is 5.97 Å². The van der Waals surface area contributed by atoms with Gasteiger partial charge in [0.1, 0.15) is 0 Å². The summed E-state index contributed by atoms with van der Waals surface area (Å²) in [6.07, 6.45) is 0.495. The van der Waals surface area contributed by atoms with Crippen molar-refractivity contribution in [2.24, 2.45) is 0 Å². The van der Waals surface area contributed by atoms with Crippen molar-refractivity contribution < 1.29 is 14.4 Å². The first-order valence-corrected chi connectivity index (χ1v) is 5.55. The van der Waals surface area contributed by atoms with Gasteiger partial charge in [-0.05, 0) is 19.1 Å². The summed E-state index contributed by atoms with van der Waals surface area (Å²) in [4.78, 5) is 19.0. The lowest BCUT2D eigenvalue weighted by Crippen LogP contribution is -2.01. The lowest BCUT2D eigenvalue weighted by Gasteiger charge is -2.03. The number of pyridine rings is 1. The second kappa shape index (κ2) is 4.95. The Bertz CT molecular complexity index is 578. The summed E-state index contributed by atoms with van der Waals surface area (Å²) in [5, 5.41) is 12.4. The molecule has 18 heavy (non-hydrogen) atoms. The first kappa shape index (κ1) is 12.2. The van der Waals surface area contributed by atoms with Crippen molar-refractivity contribution >= 4 is 5.97 Å². The Kier molecular flexibility index (Phi) is 3.36. The molecule has 0 saturated carbocycles. The number of hydrogen-bond acceptors (Lipinski definition) is 5. The highest BCUT2D eigenvalue weighted by Gasteiger charge is 2.10. The Morgan fingerprint density at radius 3 is 2.67 bits per heavy atom. The molecule has 0 aromatic carbocycles. The van der Waals surface area contributed by atoms with Crippen LogP contribution in [0.15, 0.2) is 16.7 Å². The van der Waals surface area contributed by atoms with Crippen LogP contribution in [0.2, 0.25) is 0 Å². The normalized spacial score (nSPS) is 10.6. The summed E-state index contributed by atoms with van der Waals surface area (Å²) in [6, 6.07) is 3.63. The molecule has 0 saturated heterocycles. The first-order chi connectivity index (χ1) is 8.56. The Morgan fingerprint density at radius 2 is 2.11 bits per heavy atom. The lowest BCUT2D eigenvalue weighted by atomic mass is 10.1. The van der Waals surface area contributed by atoms with Crippen LogP contribution < -0.4 is 0 Å². The minimum absolute atomic E-state index is 0.0765. The van der Waals surface area contributed by atoms with E-state index in [0.717, 1.165) is 17.0 Å². The molecule has 0 radical (unpaired) electrons. The van der Waals surface area contributed by atoms with Crippen LogP contribution in [-0.4, -0.2) is 26.2 Å². The van der Waals surface area contributed by atoms with Gasteiger partial charge in [-0.1, -0.05) is 5.16 Å². The van der Waals surface area contributed by atoms with Crippen LogP contribution in [0.4, 0.5) is 0 Å². The van der Waals surface area contributed by atoms with E-state index >= 15 is 0 Å². The maximum atomic E-state index is 10.5. The van der Waals surface area contributed by atoms with E-state index in [9.17, 15) is 4.79 Å². The Labute approximate surface area is 104 Å². The molecule has 0 unspecified atom stereocenters. The highest BCUT2D eigenvalue weighted by atomic mass is 16.5. The van der Waals surface area contributed by atoms with Crippen LogP contribution in [0.1, 0.15) is 23.7 Å². The van der Waals surface area contributed by atoms with Gasteiger partial charge in [0.2, 0.25) is 11.7 Å². The molecule has 6 heteroatoms. The van der Waals surface area contributed by atoms with E-state index in [0.29, 0.717) is 18.1 Å². The number of rotatable bonds is 4. The van der Waals surface area contributed by atoms with Crippen molar-refractivity contribution in [3.05, 3.63) is 29.4 Å². The average Bonchev–Trinajstić information content (AvgIpc) is 2.73. The fraction of sp³-hybridized carbons (Fsp3) is 0.333. The number of aliphatic carboxylic acids is 1. The van der Waals surface area contributed by atoms with Crippen molar-refractivity contribution in [3.8, 4) is 11.4 Å². The summed E-state index contributed by atoms with van der Waals surface area (Å²) in [5.41, 5.74) is 2.31. The molecule has 0 amide bonds. The summed E-state index contributed by atoms with van der Waals surface area (Å²) in [6.45, 7) is 3.56. The van der Waals surface area contributed by atoms with E-state index in [4.69, 9.17) is 9.63 Å². The molecule has 0 aliphatic carbocycles. The zero-order valence-corrected chi connectivity index (χ0v) is 10.2. The lowest BCUT2D eigenvalue weighted by molar-refractivity contribution is -0.136. The van der Waals surface area contributed by atoms with Crippen LogP contribution in [-0.2, 0) is 11.2 Å². The molecule has 0 spiro atoms. The van der Waals surface area contributed by atoms with Gasteiger partial charge in [-0.3, -0.25) is 9.78 Å². The number of carboxylic acid groups (broad SMARTS) is 1. The van der Waals surface area contributed by atoms with Crippen LogP contribution >= 0.6 is 0 Å². The topological polar surface area (TPSA) is 89.1 Å². The Balaban J connectivity index is 2.22. The van der Waals surface area contributed by atoms with E-state index in [1.165, 1.54) is 0 Å². The number of hydrogen-bond donors (Lipinski definition) is 1. The molecule has 0 aliphatic rings. The van der Waals surface area contributed by atoms with Crippen LogP contribution in [0.5, 0.6) is 0 Å². The van der Waals surface area contributed by atoms with Gasteiger partial charge in [0.25, 0.3) is 0 Å². The summed E-state index contributed by atoms with van der Waals surface area (Å²) < 4.78 is 4.92. The third kappa shape index (κ3) is 2.71. The van der Waals surface area contributed by atoms with E-state index in [-0.39, 0.29) is 6.42 Å². The molecular weight excluding hydrogens is 234 g/mol. The number of carbonyl (C=O) groups is 1. The molecular formula is C12H13N3O3. The van der Waals surface area contributed by atoms with Crippen molar-refractivity contribution in [2.75, 3.05) is 0 Å². The molecule has 2 heterocycles. The van der Waals surface area contributed by atoms with Crippen molar-refractivity contribution in [3.63, 3.8) is 0 Å². The SMILES string of the molecule is Cc1nc(-c2ccc(CCC(=O)O)nc2C)no1. The van der Waals surface area contributed by atoms with Crippen molar-refractivity contribution in [2.45, 2.75) is 26.7 Å². The minimum atomic E-state index is -0.827. The number of carboxylic acids is 1. The second-order valence-electron chi connectivity index (χ2n) is 3.97. The standard InChI is InChI=1S/C12H13N3O3/c1-7-10(12-14-8(2)18-15-12)5-3-9(13-7)4-6-11(16)17/h3,5H,4,6H2,1-2H3,(H,16,17). The number of nitrogens with zero attached hydrogens (tertiary/aromatic N) is 3. The van der Waals surface area contributed by atoms with Gasteiger partial charge < -0.3 is 9.63 Å². The molecule has 0 bridgehead atoms. The van der Waals surface area contributed by atoms with Gasteiger partial charge in [0.15, 0.2) is 0 Å². The van der Waals surface area contributed by atoms with Crippen molar-refractivity contribution in [1.29, 1.82) is 0 Å². The zero-order chi connectivity index (χ0) is 13.1. The van der Waals surface area contributed by atoms with Gasteiger partial charge in [-0.25, -0.2) is 0 Å². The van der Waals surface area contributed by atoms with Crippen LogP contribution in [0.3, 0.4) is 0 Å². The predicted molar refractivity (Wildman–Crippen MR) is 63.0 cm³/mol. The fourth-order valence-electron chi connectivity index (χ4n) is 1.63. The molecule has 1 N–H and O–H groups in total. The second-order valence-corrected chi connectivity index (χ2v) is 3.97. The van der Waals surface area contributed by atoms with Gasteiger partial charge in [0.05, 0.1) is 6.42 Å². The molecule has 94 valence electrons. The Hall–Kier alpha value is -2.24. The summed E-state index contributed by atoms with van der Waals surface area (Å²) >= 11 is 0. The third-order valence-electron chi connectivity index (χ3n) is 2.51. The molecule has 6 nitrogen and oxygen atoms in total. The molecule has 0 atom stereocenters. The maximum absolute atomic E-state index is 10.5. The first-order valence-electron chi connectivity index (χ1n) is 5.55. The Morgan fingerprint density at radius 1 is 1.33 bits per heavy atom. The average molecular weight is 247 g/mol. The van der Waals surface area contributed by atoms with E-state index in [2.05, 4.69) is 15.1 Å². The van der Waals surface area contributed by atoms with E-state index in [1.807, 2.05) is 13.0 Å². The summed E-state index contributed by atoms with van der Waals surface area (Å²) in [7, 11) is 0. The van der Waals surface area contributed by atoms with Gasteiger partial charge in [0, 0.05) is 30.3 Å². The highest BCUT2D eigenvalue weighted by Crippen LogP contribution is 2.19. The monoisotopic (exact) mass is 247 g/mol. The predicted octanol–water partition coefficient (Wildman–Crippen LogP) is 1.77. The minimum Gasteiger partial charge on any atom is -0.481 e. The van der Waals surface area contributed by atoms with Gasteiger partial charge in [-0.15, -0.1) is 0 Å². The van der Waals surface area contributed by atoms with Gasteiger partial charge in [-0.2, -0.15) is 4.98 Å². The quantitative estimate of drug-likeness (QED) is 0.885. The zero-order valence-electron chi connectivity index (χ0n) is 10.2. The molecule has 2 rings (SSSR count). The van der Waals surface area contributed by atoms with E-state index in [1.54, 1.807) is 13.0 Å². The smallest absolute Gasteiger partial charge is 0.303 e. The third-order valence-corrected chi connectivity index (χ3v) is 2.51. The molecule has 2 aromatic rings. The summed E-state index contributed by atoms with van der Waals surface area (Å²) in [5.74, 6) is 0.175. The fourth-order valence-corrected chi connectivity index (χ4v) is 1.63. The maximum Gasteiger partial charge on any atom is 0.303 e. The highest BCUT2D eigenvalue weighted by molar-refractivity contribution is 5.67. The van der Waals surface area contributed by atoms with Crippen LogP contribution in [0.25, 0.3) is 11.4 Å². The molecule has 0 aliphatic heterocycles. The van der Waals surface area contributed by atoms with Gasteiger partial charge >= 0.3 is 5.97 Å². The largest absolute Gasteiger partial charge is 0.481 e. The molecule has 0 fully saturated rings.